The molecule has 0 spiro atoms. The van der Waals surface area contributed by atoms with E-state index < -0.39 is 0 Å². The van der Waals surface area contributed by atoms with Crippen LogP contribution < -0.4 is 14.4 Å². The van der Waals surface area contributed by atoms with E-state index in [0.29, 0.717) is 23.5 Å². The third-order valence-electron chi connectivity index (χ3n) is 5.82. The number of benzene rings is 3. The van der Waals surface area contributed by atoms with Gasteiger partial charge in [-0.2, -0.15) is 0 Å². The van der Waals surface area contributed by atoms with Crippen LogP contribution in [0.5, 0.6) is 11.5 Å². The highest BCUT2D eigenvalue weighted by molar-refractivity contribution is 6.17. The van der Waals surface area contributed by atoms with Crippen LogP contribution in [0.25, 0.3) is 0 Å². The molecule has 2 aliphatic heterocycles. The van der Waals surface area contributed by atoms with Crippen LogP contribution in [-0.2, 0) is 0 Å². The van der Waals surface area contributed by atoms with E-state index in [1.54, 1.807) is 14.2 Å². The summed E-state index contributed by atoms with van der Waals surface area (Å²) >= 11 is 0. The lowest BCUT2D eigenvalue weighted by Crippen LogP contribution is -2.28. The molecule has 0 saturated carbocycles. The second-order valence-corrected chi connectivity index (χ2v) is 7.58. The number of nitrogens with zero attached hydrogens (tertiary/aromatic N) is 2. The molecule has 5 heteroatoms. The number of methoxy groups -OCH3 is 2. The Bertz CT molecular complexity index is 1180. The lowest BCUT2D eigenvalue weighted by molar-refractivity contribution is 0.0989. The molecule has 0 bridgehead atoms. The van der Waals surface area contributed by atoms with Crippen LogP contribution in [-0.4, -0.2) is 25.8 Å². The predicted molar refractivity (Wildman–Crippen MR) is 118 cm³/mol. The molecule has 0 radical (unpaired) electrons. The molecule has 2 aliphatic rings. The van der Waals surface area contributed by atoms with Gasteiger partial charge < -0.3 is 9.47 Å². The van der Waals surface area contributed by atoms with Crippen molar-refractivity contribution in [2.24, 2.45) is 4.99 Å². The number of hydrogen-bond acceptors (Lipinski definition) is 4. The maximum Gasteiger partial charge on any atom is 0.263 e. The molecule has 0 N–H and O–H groups in total. The van der Waals surface area contributed by atoms with Gasteiger partial charge in [0.25, 0.3) is 5.91 Å². The van der Waals surface area contributed by atoms with E-state index in [1.807, 2.05) is 60.4 Å². The normalized spacial score (nSPS) is 16.9. The third-order valence-corrected chi connectivity index (χ3v) is 5.82. The van der Waals surface area contributed by atoms with Gasteiger partial charge in [0, 0.05) is 6.42 Å². The number of amides is 1. The van der Waals surface area contributed by atoms with Gasteiger partial charge in [-0.1, -0.05) is 42.5 Å². The number of anilines is 1. The van der Waals surface area contributed by atoms with Crippen molar-refractivity contribution < 1.29 is 14.3 Å². The average Bonchev–Trinajstić information content (AvgIpc) is 2.94. The summed E-state index contributed by atoms with van der Waals surface area (Å²) < 4.78 is 11.0. The van der Waals surface area contributed by atoms with E-state index in [4.69, 9.17) is 14.5 Å². The monoisotopic (exact) mass is 398 g/mol. The number of aliphatic imine (C=N–C) groups is 1. The van der Waals surface area contributed by atoms with Crippen LogP contribution in [0.1, 0.15) is 39.5 Å². The first kappa shape index (κ1) is 18.4. The molecule has 30 heavy (non-hydrogen) atoms. The van der Waals surface area contributed by atoms with Gasteiger partial charge in [0.15, 0.2) is 11.5 Å². The summed E-state index contributed by atoms with van der Waals surface area (Å²) in [5, 5.41) is 0. The van der Waals surface area contributed by atoms with Gasteiger partial charge in [-0.25, -0.2) is 0 Å². The molecule has 3 aromatic rings. The van der Waals surface area contributed by atoms with Crippen molar-refractivity contribution in [2.45, 2.75) is 19.4 Å². The van der Waals surface area contributed by atoms with Gasteiger partial charge in [0.1, 0.15) is 0 Å². The van der Waals surface area contributed by atoms with Gasteiger partial charge >= 0.3 is 0 Å². The number of rotatable bonds is 3. The molecule has 2 heterocycles. The van der Waals surface area contributed by atoms with Gasteiger partial charge in [-0.15, -0.1) is 0 Å². The molecule has 150 valence electrons. The van der Waals surface area contributed by atoms with Crippen molar-refractivity contribution in [3.8, 4) is 11.5 Å². The first-order chi connectivity index (χ1) is 14.6. The summed E-state index contributed by atoms with van der Waals surface area (Å²) in [5.41, 5.74) is 6.27. The van der Waals surface area contributed by atoms with Crippen LogP contribution in [0.4, 0.5) is 11.4 Å². The predicted octanol–water partition coefficient (Wildman–Crippen LogP) is 5.24. The van der Waals surface area contributed by atoms with E-state index >= 15 is 0 Å². The number of ether oxygens (including phenoxy) is 2. The second-order valence-electron chi connectivity index (χ2n) is 7.58. The smallest absolute Gasteiger partial charge is 0.263 e. The van der Waals surface area contributed by atoms with Crippen molar-refractivity contribution in [1.82, 2.24) is 0 Å². The van der Waals surface area contributed by atoms with Crippen molar-refractivity contribution in [2.75, 3.05) is 19.1 Å². The molecule has 1 amide bonds. The van der Waals surface area contributed by atoms with Crippen molar-refractivity contribution in [3.05, 3.63) is 82.9 Å². The second kappa shape index (κ2) is 7.02. The third kappa shape index (κ3) is 2.70. The fraction of sp³-hybridized carbons (Fsp3) is 0.200. The fourth-order valence-electron chi connectivity index (χ4n) is 4.43. The van der Waals surface area contributed by atoms with E-state index in [1.165, 1.54) is 0 Å². The average molecular weight is 398 g/mol. The topological polar surface area (TPSA) is 51.1 Å². The Labute approximate surface area is 175 Å². The number of carbonyl (C=O) groups is 1. The fourth-order valence-corrected chi connectivity index (χ4v) is 4.43. The molecule has 5 rings (SSSR count). The Morgan fingerprint density at radius 1 is 1.00 bits per heavy atom. The molecule has 3 aromatic carbocycles. The van der Waals surface area contributed by atoms with Crippen molar-refractivity contribution >= 4 is 23.0 Å². The SMILES string of the molecule is COc1ccc2c(c1OC)C(=O)N1c3ccc(C)cc3N=C(c3ccccc3)CC21. The summed E-state index contributed by atoms with van der Waals surface area (Å²) in [4.78, 5) is 20.5. The van der Waals surface area contributed by atoms with Gasteiger partial charge in [-0.3, -0.25) is 14.7 Å². The minimum atomic E-state index is -0.157. The minimum Gasteiger partial charge on any atom is -0.493 e. The Morgan fingerprint density at radius 2 is 1.80 bits per heavy atom. The molecule has 0 saturated heterocycles. The van der Waals surface area contributed by atoms with Gasteiger partial charge in [0.2, 0.25) is 0 Å². The number of hydrogen-bond donors (Lipinski definition) is 0. The van der Waals surface area contributed by atoms with Crippen LogP contribution >= 0.6 is 0 Å². The molecule has 0 fully saturated rings. The maximum atomic E-state index is 13.7. The zero-order valence-electron chi connectivity index (χ0n) is 17.2. The largest absolute Gasteiger partial charge is 0.493 e. The zero-order valence-corrected chi connectivity index (χ0v) is 17.2. The Balaban J connectivity index is 1.75. The highest BCUT2D eigenvalue weighted by Gasteiger charge is 2.43. The molecule has 1 unspecified atom stereocenters. The Hall–Kier alpha value is -3.60. The summed E-state index contributed by atoms with van der Waals surface area (Å²) in [6, 6.07) is 19.9. The lowest BCUT2D eigenvalue weighted by Gasteiger charge is -2.24. The maximum absolute atomic E-state index is 13.7. The van der Waals surface area contributed by atoms with Crippen LogP contribution in [0.3, 0.4) is 0 Å². The van der Waals surface area contributed by atoms with E-state index in [9.17, 15) is 4.79 Å². The van der Waals surface area contributed by atoms with Gasteiger partial charge in [0.05, 0.1) is 42.9 Å². The first-order valence-electron chi connectivity index (χ1n) is 9.94. The highest BCUT2D eigenvalue weighted by atomic mass is 16.5. The lowest BCUT2D eigenvalue weighted by atomic mass is 9.96. The standard InChI is InChI=1S/C25H22N2O3/c1-15-9-11-20-19(13-15)26-18(16-7-5-4-6-8-16)14-21-17-10-12-22(29-2)24(30-3)23(17)25(28)27(20)21/h4-13,21H,14H2,1-3H3. The number of aryl methyl sites for hydroxylation is 1. The van der Waals surface area contributed by atoms with Crippen LogP contribution in [0.2, 0.25) is 0 Å². The Morgan fingerprint density at radius 3 is 2.53 bits per heavy atom. The summed E-state index contributed by atoms with van der Waals surface area (Å²) in [5.74, 6) is 0.962. The number of fused-ring (bicyclic) bond motifs is 5. The van der Waals surface area contributed by atoms with Gasteiger partial charge in [-0.05, 0) is 41.8 Å². The molecular formula is C25H22N2O3. The van der Waals surface area contributed by atoms with Crippen molar-refractivity contribution in [3.63, 3.8) is 0 Å². The van der Waals surface area contributed by atoms with Crippen LogP contribution in [0.15, 0.2) is 65.7 Å². The quantitative estimate of drug-likeness (QED) is 0.606. The molecule has 1 atom stereocenters. The first-order valence-corrected chi connectivity index (χ1v) is 9.94. The van der Waals surface area contributed by atoms with Crippen LogP contribution in [0, 0.1) is 6.92 Å². The molecular weight excluding hydrogens is 376 g/mol. The van der Waals surface area contributed by atoms with E-state index in [-0.39, 0.29) is 11.9 Å². The zero-order chi connectivity index (χ0) is 20.8. The minimum absolute atomic E-state index is 0.0830. The van der Waals surface area contributed by atoms with Crippen molar-refractivity contribution in [1.29, 1.82) is 0 Å². The molecule has 5 nitrogen and oxygen atoms in total. The Kier molecular flexibility index (Phi) is 4.31. The number of carbonyl (C=O) groups excluding carboxylic acids is 1. The van der Waals surface area contributed by atoms with E-state index in [0.717, 1.165) is 33.8 Å². The summed E-state index contributed by atoms with van der Waals surface area (Å²) in [6.07, 6.45) is 0.617. The van der Waals surface area contributed by atoms with E-state index in [2.05, 4.69) is 12.1 Å². The highest BCUT2D eigenvalue weighted by Crippen LogP contribution is 2.50. The summed E-state index contributed by atoms with van der Waals surface area (Å²) in [6.45, 7) is 2.04. The molecule has 0 aromatic heterocycles. The summed E-state index contributed by atoms with van der Waals surface area (Å²) in [7, 11) is 3.16. The molecule has 0 aliphatic carbocycles.